The van der Waals surface area contributed by atoms with Crippen molar-refractivity contribution in [3.05, 3.63) is 35.9 Å². The number of hydrogen-bond acceptors (Lipinski definition) is 3. The summed E-state index contributed by atoms with van der Waals surface area (Å²) in [6.07, 6.45) is 4.76. The molecule has 1 aromatic carbocycles. The van der Waals surface area contributed by atoms with Gasteiger partial charge in [0.1, 0.15) is 0 Å². The summed E-state index contributed by atoms with van der Waals surface area (Å²) in [4.78, 5) is 0. The summed E-state index contributed by atoms with van der Waals surface area (Å²) >= 11 is 0. The van der Waals surface area contributed by atoms with Crippen molar-refractivity contribution in [2.45, 2.75) is 57.8 Å². The fourth-order valence-corrected chi connectivity index (χ4v) is 3.01. The Morgan fingerprint density at radius 3 is 2.76 bits per heavy atom. The third-order valence-corrected chi connectivity index (χ3v) is 4.37. The second kappa shape index (κ2) is 8.52. The zero-order valence-corrected chi connectivity index (χ0v) is 13.3. The lowest BCUT2D eigenvalue weighted by Gasteiger charge is -2.28. The summed E-state index contributed by atoms with van der Waals surface area (Å²) < 4.78 is 5.86. The van der Waals surface area contributed by atoms with Crippen LogP contribution in [0.5, 0.6) is 0 Å². The average Bonchev–Trinajstić information content (AvgIpc) is 2.51. The molecule has 0 aromatic heterocycles. The smallest absolute Gasteiger partial charge is 0.0898 e. The highest BCUT2D eigenvalue weighted by Crippen LogP contribution is 2.25. The largest absolute Gasteiger partial charge is 0.389 e. The van der Waals surface area contributed by atoms with Gasteiger partial charge in [-0.15, -0.1) is 0 Å². The van der Waals surface area contributed by atoms with Crippen LogP contribution in [0.2, 0.25) is 0 Å². The first-order valence-electron chi connectivity index (χ1n) is 8.23. The molecule has 118 valence electrons. The Morgan fingerprint density at radius 1 is 1.29 bits per heavy atom. The maximum atomic E-state index is 10.1. The van der Waals surface area contributed by atoms with Gasteiger partial charge in [0.2, 0.25) is 0 Å². The maximum absolute atomic E-state index is 10.1. The molecule has 2 N–H and O–H groups in total. The molecule has 1 aromatic rings. The van der Waals surface area contributed by atoms with Crippen LogP contribution in [0.3, 0.4) is 0 Å². The minimum atomic E-state index is -0.437. The molecular formula is C18H29NO2. The molecule has 3 nitrogen and oxygen atoms in total. The van der Waals surface area contributed by atoms with Crippen molar-refractivity contribution in [2.24, 2.45) is 5.92 Å². The van der Waals surface area contributed by atoms with Crippen molar-refractivity contribution in [1.82, 2.24) is 5.32 Å². The van der Waals surface area contributed by atoms with Gasteiger partial charge in [0.05, 0.1) is 18.8 Å². The predicted molar refractivity (Wildman–Crippen MR) is 86.2 cm³/mol. The van der Waals surface area contributed by atoms with E-state index in [4.69, 9.17) is 4.74 Å². The van der Waals surface area contributed by atoms with Crippen LogP contribution in [0.15, 0.2) is 30.3 Å². The Hall–Kier alpha value is -0.900. The van der Waals surface area contributed by atoms with E-state index in [2.05, 4.69) is 31.3 Å². The van der Waals surface area contributed by atoms with Crippen molar-refractivity contribution in [2.75, 3.05) is 13.2 Å². The van der Waals surface area contributed by atoms with Gasteiger partial charge in [-0.2, -0.15) is 0 Å². The van der Waals surface area contributed by atoms with Gasteiger partial charge in [-0.05, 0) is 31.2 Å². The first-order valence-corrected chi connectivity index (χ1v) is 8.23. The van der Waals surface area contributed by atoms with Gasteiger partial charge >= 0.3 is 0 Å². The fraction of sp³-hybridized carbons (Fsp3) is 0.667. The molecule has 4 atom stereocenters. The van der Waals surface area contributed by atoms with Gasteiger partial charge in [-0.1, -0.05) is 50.1 Å². The van der Waals surface area contributed by atoms with Crippen LogP contribution in [-0.2, 0) is 4.74 Å². The summed E-state index contributed by atoms with van der Waals surface area (Å²) in [5.41, 5.74) is 1.24. The summed E-state index contributed by atoms with van der Waals surface area (Å²) in [6, 6.07) is 10.5. The van der Waals surface area contributed by atoms with Crippen LogP contribution in [0, 0.1) is 5.92 Å². The van der Waals surface area contributed by atoms with E-state index in [0.717, 1.165) is 18.8 Å². The zero-order chi connectivity index (χ0) is 15.1. The van der Waals surface area contributed by atoms with Gasteiger partial charge in [0.25, 0.3) is 0 Å². The van der Waals surface area contributed by atoms with Crippen LogP contribution in [0.25, 0.3) is 0 Å². The van der Waals surface area contributed by atoms with Crippen LogP contribution in [-0.4, -0.2) is 30.5 Å². The number of ether oxygens (including phenoxy) is 1. The Morgan fingerprint density at radius 2 is 2.05 bits per heavy atom. The van der Waals surface area contributed by atoms with E-state index < -0.39 is 6.10 Å². The van der Waals surface area contributed by atoms with Crippen molar-refractivity contribution < 1.29 is 9.84 Å². The molecule has 1 fully saturated rings. The van der Waals surface area contributed by atoms with Gasteiger partial charge in [0, 0.05) is 12.6 Å². The molecule has 21 heavy (non-hydrogen) atoms. The van der Waals surface area contributed by atoms with Crippen LogP contribution >= 0.6 is 0 Å². The number of aliphatic hydroxyl groups is 1. The lowest BCUT2D eigenvalue weighted by Crippen LogP contribution is -2.34. The summed E-state index contributed by atoms with van der Waals surface area (Å²) in [5, 5.41) is 13.4. The maximum Gasteiger partial charge on any atom is 0.0898 e. The van der Waals surface area contributed by atoms with Gasteiger partial charge < -0.3 is 15.2 Å². The third-order valence-electron chi connectivity index (χ3n) is 4.37. The lowest BCUT2D eigenvalue weighted by molar-refractivity contribution is -0.0310. The monoisotopic (exact) mass is 291 g/mol. The van der Waals surface area contributed by atoms with Crippen molar-refractivity contribution in [3.8, 4) is 0 Å². The molecule has 2 rings (SSSR count). The molecule has 4 unspecified atom stereocenters. The highest BCUT2D eigenvalue weighted by Gasteiger charge is 2.20. The van der Waals surface area contributed by atoms with Crippen LogP contribution in [0.1, 0.15) is 51.1 Å². The second-order valence-corrected chi connectivity index (χ2v) is 6.42. The molecule has 0 amide bonds. The van der Waals surface area contributed by atoms with Crippen molar-refractivity contribution in [1.29, 1.82) is 0 Å². The van der Waals surface area contributed by atoms with Crippen molar-refractivity contribution >= 4 is 0 Å². The minimum absolute atomic E-state index is 0.246. The van der Waals surface area contributed by atoms with E-state index in [9.17, 15) is 5.11 Å². The SMILES string of the molecule is CC1CCCC(OCC(O)CNC(C)c2ccccc2)C1. The molecule has 1 aliphatic carbocycles. The normalized spacial score (nSPS) is 25.5. The summed E-state index contributed by atoms with van der Waals surface area (Å²) in [5.74, 6) is 0.761. The van der Waals surface area contributed by atoms with Crippen LogP contribution < -0.4 is 5.32 Å². The molecule has 1 aliphatic rings. The quantitative estimate of drug-likeness (QED) is 0.810. The zero-order valence-electron chi connectivity index (χ0n) is 13.3. The average molecular weight is 291 g/mol. The van der Waals surface area contributed by atoms with E-state index in [1.165, 1.54) is 18.4 Å². The highest BCUT2D eigenvalue weighted by atomic mass is 16.5. The second-order valence-electron chi connectivity index (χ2n) is 6.42. The topological polar surface area (TPSA) is 41.5 Å². The molecule has 0 bridgehead atoms. The molecule has 0 aliphatic heterocycles. The van der Waals surface area contributed by atoms with E-state index in [0.29, 0.717) is 19.3 Å². The number of aliphatic hydroxyl groups excluding tert-OH is 1. The molecule has 3 heteroatoms. The summed E-state index contributed by atoms with van der Waals surface area (Å²) in [7, 11) is 0. The molecule has 0 heterocycles. The Kier molecular flexibility index (Phi) is 6.68. The summed E-state index contributed by atoms with van der Waals surface area (Å²) in [6.45, 7) is 5.41. The fourth-order valence-electron chi connectivity index (χ4n) is 3.01. The molecule has 0 radical (unpaired) electrons. The third kappa shape index (κ3) is 5.77. The Labute approximate surface area is 128 Å². The highest BCUT2D eigenvalue weighted by molar-refractivity contribution is 5.17. The Balaban J connectivity index is 1.64. The number of hydrogen-bond donors (Lipinski definition) is 2. The predicted octanol–water partition coefficient (Wildman–Crippen LogP) is 3.29. The standard InChI is InChI=1S/C18H29NO2/c1-14-7-6-10-18(11-14)21-13-17(20)12-19-15(2)16-8-4-3-5-9-16/h3-5,8-9,14-15,17-20H,6-7,10-13H2,1-2H3. The first kappa shape index (κ1) is 16.5. The molecule has 0 spiro atoms. The number of benzene rings is 1. The van der Waals surface area contributed by atoms with E-state index in [1.807, 2.05) is 18.2 Å². The van der Waals surface area contributed by atoms with E-state index in [-0.39, 0.29) is 6.04 Å². The minimum Gasteiger partial charge on any atom is -0.389 e. The van der Waals surface area contributed by atoms with Gasteiger partial charge in [-0.25, -0.2) is 0 Å². The molecule has 0 saturated heterocycles. The number of rotatable bonds is 7. The lowest BCUT2D eigenvalue weighted by atomic mass is 9.89. The first-order chi connectivity index (χ1) is 10.1. The van der Waals surface area contributed by atoms with Gasteiger partial charge in [0.15, 0.2) is 0 Å². The molecular weight excluding hydrogens is 262 g/mol. The Bertz CT molecular complexity index is 395. The number of nitrogens with one attached hydrogen (secondary N) is 1. The van der Waals surface area contributed by atoms with E-state index >= 15 is 0 Å². The van der Waals surface area contributed by atoms with Crippen molar-refractivity contribution in [3.63, 3.8) is 0 Å². The van der Waals surface area contributed by atoms with E-state index in [1.54, 1.807) is 0 Å². The van der Waals surface area contributed by atoms with Gasteiger partial charge in [-0.3, -0.25) is 0 Å². The molecule has 1 saturated carbocycles. The van der Waals surface area contributed by atoms with Crippen LogP contribution in [0.4, 0.5) is 0 Å².